The maximum Gasteiger partial charge on any atom is 0.320 e. The molecule has 82 valence electrons. The van der Waals surface area contributed by atoms with Gasteiger partial charge in [0.1, 0.15) is 0 Å². The van der Waals surface area contributed by atoms with E-state index < -0.39 is 0 Å². The van der Waals surface area contributed by atoms with E-state index in [2.05, 4.69) is 0 Å². The van der Waals surface area contributed by atoms with Gasteiger partial charge in [-0.05, 0) is 12.8 Å². The number of likely N-dealkylation sites (N-methyl/N-ethyl adjacent to an activating group) is 1. The van der Waals surface area contributed by atoms with E-state index in [-0.39, 0.29) is 18.7 Å². The van der Waals surface area contributed by atoms with Crippen LogP contribution in [0.2, 0.25) is 0 Å². The average Bonchev–Trinajstić information content (AvgIpc) is 2.64. The molecule has 1 aliphatic rings. The van der Waals surface area contributed by atoms with Crippen molar-refractivity contribution < 1.29 is 9.90 Å². The summed E-state index contributed by atoms with van der Waals surface area (Å²) in [5, 5.41) is 8.71. The molecule has 14 heavy (non-hydrogen) atoms. The maximum atomic E-state index is 11.8. The third-order valence-corrected chi connectivity index (χ3v) is 2.66. The number of nitrogens with two attached hydrogens (primary N) is 1. The number of nitrogens with zero attached hydrogens (tertiary/aromatic N) is 2. The molecular weight excluding hydrogens is 182 g/mol. The van der Waals surface area contributed by atoms with Crippen LogP contribution < -0.4 is 5.73 Å². The number of carbonyl (C=O) groups excluding carboxylic acids is 1. The van der Waals surface area contributed by atoms with Gasteiger partial charge in [0.2, 0.25) is 0 Å². The molecule has 2 amide bonds. The van der Waals surface area contributed by atoms with Crippen molar-refractivity contribution >= 4 is 6.03 Å². The number of hydrogen-bond acceptors (Lipinski definition) is 3. The summed E-state index contributed by atoms with van der Waals surface area (Å²) in [4.78, 5) is 15.1. The van der Waals surface area contributed by atoms with Crippen molar-refractivity contribution in [2.45, 2.75) is 18.9 Å². The van der Waals surface area contributed by atoms with Crippen LogP contribution in [0.1, 0.15) is 12.8 Å². The van der Waals surface area contributed by atoms with Crippen molar-refractivity contribution in [3.63, 3.8) is 0 Å². The van der Waals surface area contributed by atoms with Crippen LogP contribution in [0.4, 0.5) is 4.79 Å². The largest absolute Gasteiger partial charge is 0.395 e. The fraction of sp³-hybridized carbons (Fsp3) is 0.889. The number of carbonyl (C=O) groups is 1. The number of hydrogen-bond donors (Lipinski definition) is 2. The molecule has 0 radical (unpaired) electrons. The molecule has 0 aromatic heterocycles. The first kappa shape index (κ1) is 11.3. The van der Waals surface area contributed by atoms with E-state index in [0.29, 0.717) is 13.1 Å². The molecule has 1 rings (SSSR count). The van der Waals surface area contributed by atoms with Crippen LogP contribution in [-0.2, 0) is 0 Å². The fourth-order valence-electron chi connectivity index (χ4n) is 1.80. The van der Waals surface area contributed by atoms with Gasteiger partial charge in [0.25, 0.3) is 0 Å². The lowest BCUT2D eigenvalue weighted by Gasteiger charge is -2.28. The third-order valence-electron chi connectivity index (χ3n) is 2.66. The predicted molar refractivity (Wildman–Crippen MR) is 53.9 cm³/mol. The van der Waals surface area contributed by atoms with Gasteiger partial charge in [-0.2, -0.15) is 0 Å². The second-order valence-electron chi connectivity index (χ2n) is 3.65. The van der Waals surface area contributed by atoms with Crippen molar-refractivity contribution in [1.82, 2.24) is 9.80 Å². The Morgan fingerprint density at radius 2 is 2.43 bits per heavy atom. The highest BCUT2D eigenvalue weighted by Crippen LogP contribution is 2.17. The van der Waals surface area contributed by atoms with Crippen molar-refractivity contribution in [1.29, 1.82) is 0 Å². The topological polar surface area (TPSA) is 69.8 Å². The quantitative estimate of drug-likeness (QED) is 0.644. The minimum absolute atomic E-state index is 0.00334. The first-order valence-corrected chi connectivity index (χ1v) is 5.03. The molecule has 3 N–H and O–H groups in total. The van der Waals surface area contributed by atoms with Gasteiger partial charge >= 0.3 is 6.03 Å². The van der Waals surface area contributed by atoms with Gasteiger partial charge in [-0.25, -0.2) is 4.79 Å². The van der Waals surface area contributed by atoms with E-state index in [1.165, 1.54) is 4.90 Å². The van der Waals surface area contributed by atoms with Crippen LogP contribution in [0.15, 0.2) is 0 Å². The Morgan fingerprint density at radius 3 is 3.00 bits per heavy atom. The molecule has 0 bridgehead atoms. The van der Waals surface area contributed by atoms with Gasteiger partial charge in [-0.15, -0.1) is 0 Å². The second kappa shape index (κ2) is 5.17. The Bertz CT molecular complexity index is 198. The van der Waals surface area contributed by atoms with E-state index in [0.717, 1.165) is 19.4 Å². The van der Waals surface area contributed by atoms with Crippen LogP contribution in [0.5, 0.6) is 0 Å². The Hall–Kier alpha value is -0.810. The van der Waals surface area contributed by atoms with Crippen LogP contribution >= 0.6 is 0 Å². The van der Waals surface area contributed by atoms with E-state index >= 15 is 0 Å². The molecular formula is C9H19N3O2. The molecule has 1 unspecified atom stereocenters. The number of aliphatic hydroxyl groups is 1. The summed E-state index contributed by atoms with van der Waals surface area (Å²) in [6.45, 7) is 1.70. The van der Waals surface area contributed by atoms with Crippen molar-refractivity contribution in [3.05, 3.63) is 0 Å². The Morgan fingerprint density at radius 1 is 1.71 bits per heavy atom. The summed E-state index contributed by atoms with van der Waals surface area (Å²) in [5.41, 5.74) is 5.57. The molecule has 0 saturated carbocycles. The number of aliphatic hydroxyl groups excluding tert-OH is 1. The molecule has 1 fully saturated rings. The van der Waals surface area contributed by atoms with Gasteiger partial charge in [-0.1, -0.05) is 0 Å². The highest BCUT2D eigenvalue weighted by atomic mass is 16.3. The third kappa shape index (κ3) is 2.36. The lowest BCUT2D eigenvalue weighted by molar-refractivity contribution is 0.148. The summed E-state index contributed by atoms with van der Waals surface area (Å²) in [5.74, 6) is 0. The minimum atomic E-state index is -0.0213. The van der Waals surface area contributed by atoms with E-state index in [4.69, 9.17) is 10.8 Å². The second-order valence-corrected chi connectivity index (χ2v) is 3.65. The SMILES string of the molecule is CN(CCO)C(=O)N1CCCC1CN. The molecule has 1 atom stereocenters. The zero-order chi connectivity index (χ0) is 10.6. The number of rotatable bonds is 3. The smallest absolute Gasteiger partial charge is 0.320 e. The van der Waals surface area contributed by atoms with E-state index in [1.807, 2.05) is 0 Å². The normalized spacial score (nSPS) is 21.4. The van der Waals surface area contributed by atoms with Crippen molar-refractivity contribution in [2.24, 2.45) is 5.73 Å². The highest BCUT2D eigenvalue weighted by Gasteiger charge is 2.29. The molecule has 5 heteroatoms. The Labute approximate surface area is 84.5 Å². The molecule has 5 nitrogen and oxygen atoms in total. The zero-order valence-electron chi connectivity index (χ0n) is 8.65. The maximum absolute atomic E-state index is 11.8. The van der Waals surface area contributed by atoms with Gasteiger partial charge < -0.3 is 20.6 Å². The fourth-order valence-corrected chi connectivity index (χ4v) is 1.80. The predicted octanol–water partition coefficient (Wildman–Crippen LogP) is -0.546. The first-order chi connectivity index (χ1) is 6.70. The van der Waals surface area contributed by atoms with Gasteiger partial charge in [0.15, 0.2) is 0 Å². The first-order valence-electron chi connectivity index (χ1n) is 5.03. The standard InChI is InChI=1S/C9H19N3O2/c1-11(5-6-13)9(14)12-4-2-3-8(12)7-10/h8,13H,2-7,10H2,1H3. The van der Waals surface area contributed by atoms with Crippen LogP contribution in [0.3, 0.4) is 0 Å². The molecule has 0 aliphatic carbocycles. The Kier molecular flexibility index (Phi) is 4.16. The summed E-state index contributed by atoms with van der Waals surface area (Å²) in [6, 6.07) is 0.163. The van der Waals surface area contributed by atoms with Crippen LogP contribution in [0, 0.1) is 0 Å². The van der Waals surface area contributed by atoms with Gasteiger partial charge in [0.05, 0.1) is 6.61 Å². The van der Waals surface area contributed by atoms with Crippen molar-refractivity contribution in [3.8, 4) is 0 Å². The summed E-state index contributed by atoms with van der Waals surface area (Å²) < 4.78 is 0. The average molecular weight is 201 g/mol. The van der Waals surface area contributed by atoms with Crippen LogP contribution in [0.25, 0.3) is 0 Å². The number of likely N-dealkylation sites (tertiary alicyclic amines) is 1. The summed E-state index contributed by atoms with van der Waals surface area (Å²) in [7, 11) is 1.70. The molecule has 1 heterocycles. The molecule has 0 spiro atoms. The van der Waals surface area contributed by atoms with Gasteiger partial charge in [-0.3, -0.25) is 0 Å². The lowest BCUT2D eigenvalue weighted by atomic mass is 10.2. The Balaban J connectivity index is 2.50. The minimum Gasteiger partial charge on any atom is -0.395 e. The van der Waals surface area contributed by atoms with Crippen molar-refractivity contribution in [2.75, 3.05) is 33.3 Å². The van der Waals surface area contributed by atoms with E-state index in [9.17, 15) is 4.79 Å². The lowest BCUT2D eigenvalue weighted by Crippen LogP contribution is -2.46. The summed E-state index contributed by atoms with van der Waals surface area (Å²) >= 11 is 0. The molecule has 1 saturated heterocycles. The van der Waals surface area contributed by atoms with Crippen LogP contribution in [-0.4, -0.2) is 60.3 Å². The zero-order valence-corrected chi connectivity index (χ0v) is 8.65. The highest BCUT2D eigenvalue weighted by molar-refractivity contribution is 5.74. The summed E-state index contributed by atoms with van der Waals surface area (Å²) in [6.07, 6.45) is 2.02. The molecule has 1 aliphatic heterocycles. The monoisotopic (exact) mass is 201 g/mol. The molecule has 0 aromatic carbocycles. The van der Waals surface area contributed by atoms with Gasteiger partial charge in [0, 0.05) is 32.7 Å². The number of amides is 2. The number of urea groups is 1. The van der Waals surface area contributed by atoms with E-state index in [1.54, 1.807) is 11.9 Å². The molecule has 0 aromatic rings.